The van der Waals surface area contributed by atoms with Gasteiger partial charge in [-0.3, -0.25) is 9.48 Å². The molecule has 148 valence electrons. The van der Waals surface area contributed by atoms with Crippen LogP contribution >= 0.6 is 11.6 Å². The highest BCUT2D eigenvalue weighted by atomic mass is 35.5. The maximum absolute atomic E-state index is 15.1. The lowest BCUT2D eigenvalue weighted by molar-refractivity contribution is 0.627. The Hall–Kier alpha value is -3.03. The van der Waals surface area contributed by atoms with E-state index in [0.717, 1.165) is 22.3 Å². The van der Waals surface area contributed by atoms with Gasteiger partial charge in [0.15, 0.2) is 5.82 Å². The molecule has 0 saturated heterocycles. The largest absolute Gasteiger partial charge is 0.325 e. The van der Waals surface area contributed by atoms with Crippen LogP contribution < -0.4 is 11.3 Å². The zero-order chi connectivity index (χ0) is 20.9. The number of H-pyrrole nitrogens is 1. The van der Waals surface area contributed by atoms with Crippen molar-refractivity contribution < 1.29 is 4.39 Å². The second kappa shape index (κ2) is 7.09. The van der Waals surface area contributed by atoms with Crippen molar-refractivity contribution in [3.63, 3.8) is 0 Å². The van der Waals surface area contributed by atoms with Crippen LogP contribution in [0.15, 0.2) is 35.3 Å². The number of aromatic nitrogens is 4. The molecule has 0 unspecified atom stereocenters. The van der Waals surface area contributed by atoms with Crippen LogP contribution in [0, 0.1) is 19.7 Å². The Morgan fingerprint density at radius 3 is 2.72 bits per heavy atom. The Balaban J connectivity index is 2.03. The van der Waals surface area contributed by atoms with Gasteiger partial charge >= 0.3 is 0 Å². The summed E-state index contributed by atoms with van der Waals surface area (Å²) in [5.74, 6) is -0.485. The van der Waals surface area contributed by atoms with Crippen LogP contribution in [-0.2, 0) is 13.6 Å². The Morgan fingerprint density at radius 1 is 1.24 bits per heavy atom. The Kier molecular flexibility index (Phi) is 4.72. The zero-order valence-electron chi connectivity index (χ0n) is 16.2. The molecule has 0 amide bonds. The number of nitrogens with two attached hydrogens (primary N) is 1. The fourth-order valence-corrected chi connectivity index (χ4v) is 3.87. The average Bonchev–Trinajstić information content (AvgIpc) is 3.08. The molecule has 2 aromatic heterocycles. The number of hydrogen-bond donors (Lipinski definition) is 2. The minimum Gasteiger partial charge on any atom is -0.325 e. The third kappa shape index (κ3) is 3.03. The fourth-order valence-electron chi connectivity index (χ4n) is 3.61. The lowest BCUT2D eigenvalue weighted by atomic mass is 9.94. The number of nitrogens with zero attached hydrogens (tertiary/aromatic N) is 3. The first kappa shape index (κ1) is 19.3. The van der Waals surface area contributed by atoms with Crippen molar-refractivity contribution in [1.29, 1.82) is 0 Å². The highest BCUT2D eigenvalue weighted by Crippen LogP contribution is 2.39. The summed E-state index contributed by atoms with van der Waals surface area (Å²) in [7, 11) is 1.76. The number of hydrogen-bond acceptors (Lipinski definition) is 4. The van der Waals surface area contributed by atoms with Crippen LogP contribution in [-0.4, -0.2) is 20.0 Å². The molecule has 0 bridgehead atoms. The van der Waals surface area contributed by atoms with Gasteiger partial charge in [0, 0.05) is 30.1 Å². The van der Waals surface area contributed by atoms with Crippen LogP contribution in [0.4, 0.5) is 4.39 Å². The molecule has 2 heterocycles. The monoisotopic (exact) mass is 411 g/mol. The van der Waals surface area contributed by atoms with Crippen LogP contribution in [0.3, 0.4) is 0 Å². The van der Waals surface area contributed by atoms with Crippen LogP contribution in [0.5, 0.6) is 0 Å². The molecule has 0 saturated carbocycles. The van der Waals surface area contributed by atoms with E-state index >= 15 is 4.39 Å². The highest BCUT2D eigenvalue weighted by Gasteiger charge is 2.22. The van der Waals surface area contributed by atoms with Gasteiger partial charge in [0.1, 0.15) is 0 Å². The lowest BCUT2D eigenvalue weighted by Crippen LogP contribution is -2.13. The van der Waals surface area contributed by atoms with Gasteiger partial charge in [-0.25, -0.2) is 9.49 Å². The molecule has 0 aliphatic carbocycles. The Bertz CT molecular complexity index is 1300. The number of fused-ring (bicyclic) bond motifs is 1. The number of nitrogens with one attached hydrogen (secondary N) is 1. The summed E-state index contributed by atoms with van der Waals surface area (Å²) in [6.07, 6.45) is 1.67. The Morgan fingerprint density at radius 2 is 2.00 bits per heavy atom. The van der Waals surface area contributed by atoms with Gasteiger partial charge in [-0.05, 0) is 48.7 Å². The molecular formula is C21H19ClFN5O. The van der Waals surface area contributed by atoms with E-state index in [4.69, 9.17) is 17.3 Å². The van der Waals surface area contributed by atoms with Gasteiger partial charge in [-0.2, -0.15) is 10.2 Å². The molecule has 8 heteroatoms. The topological polar surface area (TPSA) is 89.6 Å². The summed E-state index contributed by atoms with van der Waals surface area (Å²) in [6.45, 7) is 3.93. The van der Waals surface area contributed by atoms with Gasteiger partial charge in [-0.1, -0.05) is 17.7 Å². The molecule has 0 spiro atoms. The predicted molar refractivity (Wildman–Crippen MR) is 112 cm³/mol. The standard InChI is InChI=1S/C21H19ClFN5O/c1-10-6-16(22)19(23)18(11(10)2)20-15(9-25-28(20)3)12-4-5-13-14(7-12)17(8-24)26-27-21(13)29/h4-7,9H,8,24H2,1-3H3,(H,27,29). The van der Waals surface area contributed by atoms with E-state index in [9.17, 15) is 4.79 Å². The second-order valence-corrected chi connectivity index (χ2v) is 7.39. The van der Waals surface area contributed by atoms with Crippen molar-refractivity contribution in [2.24, 2.45) is 12.8 Å². The molecule has 4 rings (SSSR count). The smallest absolute Gasteiger partial charge is 0.272 e. The van der Waals surface area contributed by atoms with Gasteiger partial charge in [0.2, 0.25) is 0 Å². The predicted octanol–water partition coefficient (Wildman–Crippen LogP) is 3.86. The third-order valence-corrected chi connectivity index (χ3v) is 5.56. The molecule has 0 aliphatic heterocycles. The molecule has 2 aromatic carbocycles. The first-order valence-electron chi connectivity index (χ1n) is 9.02. The normalized spacial score (nSPS) is 11.4. The summed E-state index contributed by atoms with van der Waals surface area (Å²) in [6, 6.07) is 6.98. The van der Waals surface area contributed by atoms with Crippen LogP contribution in [0.2, 0.25) is 5.02 Å². The third-order valence-electron chi connectivity index (χ3n) is 5.29. The van der Waals surface area contributed by atoms with Crippen LogP contribution in [0.1, 0.15) is 16.8 Å². The molecule has 0 fully saturated rings. The minimum atomic E-state index is -0.485. The van der Waals surface area contributed by atoms with E-state index in [1.807, 2.05) is 26.0 Å². The van der Waals surface area contributed by atoms with Crippen molar-refractivity contribution >= 4 is 22.4 Å². The molecule has 0 atom stereocenters. The van der Waals surface area contributed by atoms with Gasteiger partial charge in [0.25, 0.3) is 5.56 Å². The quantitative estimate of drug-likeness (QED) is 0.535. The van der Waals surface area contributed by atoms with E-state index in [1.54, 1.807) is 30.1 Å². The van der Waals surface area contributed by atoms with E-state index in [-0.39, 0.29) is 17.1 Å². The molecule has 29 heavy (non-hydrogen) atoms. The maximum atomic E-state index is 15.1. The van der Waals surface area contributed by atoms with E-state index in [0.29, 0.717) is 27.7 Å². The summed E-state index contributed by atoms with van der Waals surface area (Å²) >= 11 is 6.13. The summed E-state index contributed by atoms with van der Waals surface area (Å²) in [5.41, 5.74) is 10.3. The average molecular weight is 412 g/mol. The van der Waals surface area contributed by atoms with Gasteiger partial charge in [0.05, 0.1) is 28.0 Å². The summed E-state index contributed by atoms with van der Waals surface area (Å²) in [4.78, 5) is 12.1. The van der Waals surface area contributed by atoms with Crippen molar-refractivity contribution in [3.05, 3.63) is 68.5 Å². The fraction of sp³-hybridized carbons (Fsp3) is 0.190. The lowest BCUT2D eigenvalue weighted by Gasteiger charge is -2.14. The van der Waals surface area contributed by atoms with Gasteiger partial charge < -0.3 is 5.73 Å². The zero-order valence-corrected chi connectivity index (χ0v) is 16.9. The molecule has 4 aromatic rings. The SMILES string of the molecule is Cc1cc(Cl)c(F)c(-c2c(-c3ccc4c(=O)[nH]nc(CN)c4c3)cnn2C)c1C. The number of halogens is 2. The molecule has 0 radical (unpaired) electrons. The van der Waals surface area contributed by atoms with Crippen molar-refractivity contribution in [2.45, 2.75) is 20.4 Å². The molecule has 3 N–H and O–H groups in total. The van der Waals surface area contributed by atoms with E-state index < -0.39 is 5.82 Å². The number of aromatic amines is 1. The first-order valence-corrected chi connectivity index (χ1v) is 9.40. The summed E-state index contributed by atoms with van der Waals surface area (Å²) in [5, 5.41) is 12.1. The number of rotatable bonds is 3. The number of aryl methyl sites for hydroxylation is 2. The molecule has 6 nitrogen and oxygen atoms in total. The maximum Gasteiger partial charge on any atom is 0.272 e. The number of benzene rings is 2. The second-order valence-electron chi connectivity index (χ2n) is 6.98. The minimum absolute atomic E-state index is 0.0647. The summed E-state index contributed by atoms with van der Waals surface area (Å²) < 4.78 is 16.7. The van der Waals surface area contributed by atoms with Gasteiger partial charge in [-0.15, -0.1) is 0 Å². The van der Waals surface area contributed by atoms with Crippen molar-refractivity contribution in [3.8, 4) is 22.4 Å². The van der Waals surface area contributed by atoms with E-state index in [1.165, 1.54) is 0 Å². The van der Waals surface area contributed by atoms with Crippen molar-refractivity contribution in [2.75, 3.05) is 0 Å². The first-order chi connectivity index (χ1) is 13.8. The molecular weight excluding hydrogens is 393 g/mol. The molecule has 0 aliphatic rings. The van der Waals surface area contributed by atoms with Crippen molar-refractivity contribution in [1.82, 2.24) is 20.0 Å². The van der Waals surface area contributed by atoms with E-state index in [2.05, 4.69) is 15.3 Å². The highest BCUT2D eigenvalue weighted by molar-refractivity contribution is 6.31. The Labute approximate surface area is 171 Å². The van der Waals surface area contributed by atoms with Crippen LogP contribution in [0.25, 0.3) is 33.2 Å².